The van der Waals surface area contributed by atoms with Gasteiger partial charge in [-0.15, -0.1) is 11.8 Å². The fourth-order valence-electron chi connectivity index (χ4n) is 3.23. The van der Waals surface area contributed by atoms with Crippen LogP contribution >= 0.6 is 24.0 Å². The summed E-state index contributed by atoms with van der Waals surface area (Å²) >= 11 is 7.48. The van der Waals surface area contributed by atoms with E-state index in [1.807, 2.05) is 0 Å². The third-order valence-electron chi connectivity index (χ3n) is 5.15. The summed E-state index contributed by atoms with van der Waals surface area (Å²) < 4.78 is 0.876. The maximum absolute atomic E-state index is 10.9. The average Bonchev–Trinajstić information content (AvgIpc) is 2.57. The molecule has 0 radical (unpaired) electrons. The second kappa shape index (κ2) is 8.43. The number of hydrogen-bond donors (Lipinski definition) is 1. The Labute approximate surface area is 187 Å². The van der Waals surface area contributed by atoms with Crippen molar-refractivity contribution in [1.29, 1.82) is 0 Å². The van der Waals surface area contributed by atoms with E-state index in [0.717, 1.165) is 26.6 Å². The molecule has 0 unspecified atom stereocenters. The van der Waals surface area contributed by atoms with Gasteiger partial charge in [0.1, 0.15) is 5.75 Å². The van der Waals surface area contributed by atoms with Crippen molar-refractivity contribution >= 4 is 28.2 Å². The SMILES string of the molecule is CC(C)(C)c1ccc(CSC(=S)c2cc(C(C)(C)C)c(O)c(C(C)(C)C)c2)cc1. The van der Waals surface area contributed by atoms with E-state index >= 15 is 0 Å². The minimum absolute atomic E-state index is 0.150. The summed E-state index contributed by atoms with van der Waals surface area (Å²) in [6.45, 7) is 19.5. The van der Waals surface area contributed by atoms with Crippen molar-refractivity contribution in [3.8, 4) is 5.75 Å². The number of hydrogen-bond acceptors (Lipinski definition) is 3. The van der Waals surface area contributed by atoms with Gasteiger partial charge in [0.2, 0.25) is 0 Å². The first kappa shape index (κ1) is 24.0. The van der Waals surface area contributed by atoms with Crippen LogP contribution in [0.2, 0.25) is 0 Å². The largest absolute Gasteiger partial charge is 0.507 e. The number of phenolic OH excluding ortho intramolecular Hbond substituents is 1. The molecule has 1 N–H and O–H groups in total. The van der Waals surface area contributed by atoms with E-state index in [2.05, 4.69) is 98.7 Å². The molecule has 0 spiro atoms. The van der Waals surface area contributed by atoms with Gasteiger partial charge >= 0.3 is 0 Å². The van der Waals surface area contributed by atoms with Crippen molar-refractivity contribution in [2.45, 2.75) is 84.3 Å². The topological polar surface area (TPSA) is 20.2 Å². The first-order chi connectivity index (χ1) is 13.1. The summed E-state index contributed by atoms with van der Waals surface area (Å²) in [4.78, 5) is 0. The Morgan fingerprint density at radius 2 is 1.24 bits per heavy atom. The fraction of sp³-hybridized carbons (Fsp3) is 0.500. The number of benzene rings is 2. The van der Waals surface area contributed by atoms with Crippen LogP contribution < -0.4 is 0 Å². The summed E-state index contributed by atoms with van der Waals surface area (Å²) in [5, 5.41) is 10.9. The maximum atomic E-state index is 10.9. The summed E-state index contributed by atoms with van der Waals surface area (Å²) in [6, 6.07) is 13.0. The molecular weight excluding hydrogens is 392 g/mol. The van der Waals surface area contributed by atoms with Gasteiger partial charge in [-0.25, -0.2) is 0 Å². The molecule has 0 aliphatic rings. The van der Waals surface area contributed by atoms with Crippen molar-refractivity contribution in [2.24, 2.45) is 0 Å². The van der Waals surface area contributed by atoms with E-state index in [1.54, 1.807) is 11.8 Å². The molecule has 3 heteroatoms. The lowest BCUT2D eigenvalue weighted by molar-refractivity contribution is 0.423. The van der Waals surface area contributed by atoms with Gasteiger partial charge in [-0.1, -0.05) is 98.8 Å². The third-order valence-corrected chi connectivity index (χ3v) is 6.72. The van der Waals surface area contributed by atoms with Gasteiger partial charge in [-0.3, -0.25) is 0 Å². The second-order valence-electron chi connectivity index (χ2n) is 10.9. The smallest absolute Gasteiger partial charge is 0.123 e. The molecule has 2 aromatic carbocycles. The quantitative estimate of drug-likeness (QED) is 0.502. The first-order valence-electron chi connectivity index (χ1n) is 10.3. The first-order valence-corrected chi connectivity index (χ1v) is 11.6. The Balaban J connectivity index is 2.28. The Morgan fingerprint density at radius 1 is 0.793 bits per heavy atom. The molecule has 0 atom stereocenters. The van der Waals surface area contributed by atoms with E-state index in [0.29, 0.717) is 5.75 Å². The lowest BCUT2D eigenvalue weighted by Crippen LogP contribution is -2.18. The molecule has 0 aromatic heterocycles. The predicted octanol–water partition coefficient (Wildman–Crippen LogP) is 7.89. The van der Waals surface area contributed by atoms with Crippen LogP contribution in [0, 0.1) is 0 Å². The van der Waals surface area contributed by atoms with Gasteiger partial charge in [0.15, 0.2) is 0 Å². The Bertz CT molecular complexity index is 838. The van der Waals surface area contributed by atoms with E-state index in [-0.39, 0.29) is 16.2 Å². The molecule has 0 heterocycles. The number of phenols is 1. The standard InChI is InChI=1S/C26H36OS2/c1-24(2,3)19-12-10-17(11-13-19)16-29-23(28)18-14-20(25(4,5)6)22(27)21(15-18)26(7,8)9/h10-15,27H,16H2,1-9H3. The van der Waals surface area contributed by atoms with Crippen molar-refractivity contribution < 1.29 is 5.11 Å². The number of thiocarbonyl (C=S) groups is 1. The highest BCUT2D eigenvalue weighted by molar-refractivity contribution is 8.23. The van der Waals surface area contributed by atoms with Crippen LogP contribution in [-0.2, 0) is 22.0 Å². The molecule has 0 aliphatic heterocycles. The van der Waals surface area contributed by atoms with Gasteiger partial charge in [-0.2, -0.15) is 0 Å². The average molecular weight is 429 g/mol. The fourth-order valence-corrected chi connectivity index (χ4v) is 4.30. The van der Waals surface area contributed by atoms with Crippen molar-refractivity contribution in [1.82, 2.24) is 0 Å². The number of aromatic hydroxyl groups is 1. The van der Waals surface area contributed by atoms with E-state index in [9.17, 15) is 5.11 Å². The Morgan fingerprint density at radius 3 is 1.62 bits per heavy atom. The van der Waals surface area contributed by atoms with E-state index < -0.39 is 0 Å². The van der Waals surface area contributed by atoms with Crippen LogP contribution in [0.4, 0.5) is 0 Å². The second-order valence-corrected chi connectivity index (χ2v) is 12.6. The minimum Gasteiger partial charge on any atom is -0.507 e. The zero-order valence-corrected chi connectivity index (χ0v) is 21.1. The predicted molar refractivity (Wildman–Crippen MR) is 134 cm³/mol. The van der Waals surface area contributed by atoms with Crippen molar-refractivity contribution in [2.75, 3.05) is 0 Å². The molecule has 0 fully saturated rings. The molecule has 2 rings (SSSR count). The van der Waals surface area contributed by atoms with Crippen LogP contribution in [0.5, 0.6) is 5.75 Å². The summed E-state index contributed by atoms with van der Waals surface area (Å²) in [5.74, 6) is 1.25. The molecule has 2 aromatic rings. The van der Waals surface area contributed by atoms with Crippen LogP contribution in [0.15, 0.2) is 36.4 Å². The summed E-state index contributed by atoms with van der Waals surface area (Å²) in [5.41, 5.74) is 5.43. The molecule has 0 aliphatic carbocycles. The van der Waals surface area contributed by atoms with E-state index in [1.165, 1.54) is 11.1 Å². The monoisotopic (exact) mass is 428 g/mol. The van der Waals surface area contributed by atoms with Crippen LogP contribution in [0.25, 0.3) is 0 Å². The van der Waals surface area contributed by atoms with Crippen molar-refractivity contribution in [3.63, 3.8) is 0 Å². The summed E-state index contributed by atoms with van der Waals surface area (Å²) in [7, 11) is 0. The third kappa shape index (κ3) is 6.08. The van der Waals surface area contributed by atoms with Gasteiger partial charge in [-0.05, 0) is 45.1 Å². The molecule has 1 nitrogen and oxygen atoms in total. The zero-order valence-electron chi connectivity index (χ0n) is 19.4. The highest BCUT2D eigenvalue weighted by atomic mass is 32.2. The zero-order chi connectivity index (χ0) is 22.2. The van der Waals surface area contributed by atoms with Gasteiger partial charge in [0.05, 0.1) is 4.20 Å². The molecule has 0 bridgehead atoms. The molecule has 0 saturated heterocycles. The molecule has 158 valence electrons. The summed E-state index contributed by atoms with van der Waals surface area (Å²) in [6.07, 6.45) is 0. The maximum Gasteiger partial charge on any atom is 0.123 e. The minimum atomic E-state index is -0.150. The lowest BCUT2D eigenvalue weighted by atomic mass is 9.78. The van der Waals surface area contributed by atoms with Crippen LogP contribution in [0.3, 0.4) is 0 Å². The lowest BCUT2D eigenvalue weighted by Gasteiger charge is -2.28. The Hall–Kier alpha value is -1.32. The van der Waals surface area contributed by atoms with Gasteiger partial charge in [0.25, 0.3) is 0 Å². The van der Waals surface area contributed by atoms with Gasteiger partial charge in [0, 0.05) is 16.9 Å². The van der Waals surface area contributed by atoms with Crippen LogP contribution in [-0.4, -0.2) is 9.30 Å². The highest BCUT2D eigenvalue weighted by Gasteiger charge is 2.27. The van der Waals surface area contributed by atoms with Crippen molar-refractivity contribution in [3.05, 3.63) is 64.2 Å². The molecule has 0 saturated carbocycles. The number of rotatable bonds is 3. The normalized spacial score (nSPS) is 12.9. The molecule has 29 heavy (non-hydrogen) atoms. The number of thioether (sulfide) groups is 1. The van der Waals surface area contributed by atoms with Crippen LogP contribution in [0.1, 0.15) is 90.1 Å². The highest BCUT2D eigenvalue weighted by Crippen LogP contribution is 2.40. The Kier molecular flexibility index (Phi) is 6.96. The van der Waals surface area contributed by atoms with E-state index in [4.69, 9.17) is 12.2 Å². The van der Waals surface area contributed by atoms with Gasteiger partial charge < -0.3 is 5.11 Å². The molecular formula is C26H36OS2. The molecule has 0 amide bonds.